The Morgan fingerprint density at radius 2 is 2.32 bits per heavy atom. The van der Waals surface area contributed by atoms with Crippen LogP contribution in [0, 0.1) is 0 Å². The second-order valence-corrected chi connectivity index (χ2v) is 6.13. The van der Waals surface area contributed by atoms with Crippen LogP contribution in [0.25, 0.3) is 0 Å². The number of thiazole rings is 1. The molecule has 1 aliphatic heterocycles. The Hall–Kier alpha value is -1.28. The summed E-state index contributed by atoms with van der Waals surface area (Å²) in [5.41, 5.74) is 5.76. The van der Waals surface area contributed by atoms with E-state index in [0.29, 0.717) is 17.8 Å². The van der Waals surface area contributed by atoms with E-state index in [2.05, 4.69) is 4.98 Å². The SMILES string of the molecule is COC(=O)[C@@H]1CCCN1C(=O)c1sc(SC)nc1N. The molecule has 1 amide bonds. The molecule has 1 aliphatic rings. The van der Waals surface area contributed by atoms with Gasteiger partial charge in [-0.05, 0) is 19.1 Å². The van der Waals surface area contributed by atoms with Crippen LogP contribution in [0.2, 0.25) is 0 Å². The van der Waals surface area contributed by atoms with Crippen LogP contribution in [-0.2, 0) is 9.53 Å². The summed E-state index contributed by atoms with van der Waals surface area (Å²) in [6.45, 7) is 0.546. The molecule has 2 N–H and O–H groups in total. The van der Waals surface area contributed by atoms with Crippen molar-refractivity contribution in [1.82, 2.24) is 9.88 Å². The molecule has 1 atom stereocenters. The van der Waals surface area contributed by atoms with Crippen molar-refractivity contribution in [3.63, 3.8) is 0 Å². The van der Waals surface area contributed by atoms with Gasteiger partial charge < -0.3 is 15.4 Å². The normalized spacial score (nSPS) is 18.6. The Labute approximate surface area is 119 Å². The molecule has 0 saturated carbocycles. The van der Waals surface area contributed by atoms with Gasteiger partial charge in [-0.3, -0.25) is 4.79 Å². The summed E-state index contributed by atoms with van der Waals surface area (Å²) in [7, 11) is 1.33. The molecule has 8 heteroatoms. The molecule has 104 valence electrons. The second-order valence-electron chi connectivity index (χ2n) is 4.08. The first kappa shape index (κ1) is 14.1. The standard InChI is InChI=1S/C11H15N3O3S2/c1-17-10(16)6-4-3-5-14(6)9(15)7-8(12)13-11(18-2)19-7/h6H,3-5,12H2,1-2H3/t6-/m0/s1. The highest BCUT2D eigenvalue weighted by molar-refractivity contribution is 8.00. The number of amides is 1. The maximum atomic E-state index is 12.4. The summed E-state index contributed by atoms with van der Waals surface area (Å²) in [4.78, 5) is 30.1. The molecular formula is C11H15N3O3S2. The highest BCUT2D eigenvalue weighted by Gasteiger charge is 2.36. The zero-order chi connectivity index (χ0) is 14.0. The summed E-state index contributed by atoms with van der Waals surface area (Å²) in [6.07, 6.45) is 3.30. The molecule has 2 heterocycles. The topological polar surface area (TPSA) is 85.5 Å². The summed E-state index contributed by atoms with van der Waals surface area (Å²) in [5.74, 6) is -0.378. The van der Waals surface area contributed by atoms with Crippen molar-refractivity contribution in [3.05, 3.63) is 4.88 Å². The summed E-state index contributed by atoms with van der Waals surface area (Å²) in [5, 5.41) is 0. The van der Waals surface area contributed by atoms with Crippen LogP contribution in [0.4, 0.5) is 5.82 Å². The minimum atomic E-state index is -0.503. The molecular weight excluding hydrogens is 286 g/mol. The van der Waals surface area contributed by atoms with Gasteiger partial charge >= 0.3 is 5.97 Å². The maximum absolute atomic E-state index is 12.4. The minimum absolute atomic E-state index is 0.231. The number of carbonyl (C=O) groups is 2. The summed E-state index contributed by atoms with van der Waals surface area (Å²) < 4.78 is 5.47. The van der Waals surface area contributed by atoms with E-state index in [1.807, 2.05) is 6.26 Å². The number of hydrogen-bond donors (Lipinski definition) is 1. The zero-order valence-corrected chi connectivity index (χ0v) is 12.3. The van der Waals surface area contributed by atoms with Crippen molar-refractivity contribution >= 4 is 40.8 Å². The Balaban J connectivity index is 2.22. The molecule has 0 spiro atoms. The number of nitrogen functional groups attached to an aromatic ring is 1. The molecule has 19 heavy (non-hydrogen) atoms. The lowest BCUT2D eigenvalue weighted by molar-refractivity contribution is -0.145. The molecule has 1 saturated heterocycles. The molecule has 1 fully saturated rings. The molecule has 0 aliphatic carbocycles. The number of anilines is 1. The minimum Gasteiger partial charge on any atom is -0.467 e. The van der Waals surface area contributed by atoms with Gasteiger partial charge in [0.05, 0.1) is 7.11 Å². The number of nitrogens with zero attached hydrogens (tertiary/aromatic N) is 2. The first-order valence-electron chi connectivity index (χ1n) is 5.77. The number of carbonyl (C=O) groups excluding carboxylic acids is 2. The van der Waals surface area contributed by atoms with Gasteiger partial charge in [-0.1, -0.05) is 11.8 Å². The van der Waals surface area contributed by atoms with Gasteiger partial charge in [0.25, 0.3) is 5.91 Å². The van der Waals surface area contributed by atoms with Gasteiger partial charge in [-0.2, -0.15) is 0 Å². The first-order chi connectivity index (χ1) is 9.08. The Morgan fingerprint density at radius 1 is 1.58 bits per heavy atom. The molecule has 2 rings (SSSR count). The number of likely N-dealkylation sites (tertiary alicyclic amines) is 1. The lowest BCUT2D eigenvalue weighted by Gasteiger charge is -2.21. The number of rotatable bonds is 3. The van der Waals surface area contributed by atoms with Crippen LogP contribution in [0.1, 0.15) is 22.5 Å². The van der Waals surface area contributed by atoms with E-state index in [-0.39, 0.29) is 17.7 Å². The predicted molar refractivity (Wildman–Crippen MR) is 74.4 cm³/mol. The largest absolute Gasteiger partial charge is 0.467 e. The molecule has 0 aromatic carbocycles. The quantitative estimate of drug-likeness (QED) is 0.667. The molecule has 0 bridgehead atoms. The lowest BCUT2D eigenvalue weighted by atomic mass is 10.2. The third-order valence-corrected chi connectivity index (χ3v) is 5.03. The van der Waals surface area contributed by atoms with E-state index in [1.54, 1.807) is 0 Å². The average Bonchev–Trinajstić information content (AvgIpc) is 3.03. The Kier molecular flexibility index (Phi) is 4.31. The second kappa shape index (κ2) is 5.79. The Bertz CT molecular complexity index is 503. The van der Waals surface area contributed by atoms with Gasteiger partial charge in [0.2, 0.25) is 0 Å². The van der Waals surface area contributed by atoms with Gasteiger partial charge in [0.1, 0.15) is 16.7 Å². The fourth-order valence-corrected chi connectivity index (χ4v) is 3.52. The van der Waals surface area contributed by atoms with Crippen LogP contribution >= 0.6 is 23.1 Å². The molecule has 6 nitrogen and oxygen atoms in total. The van der Waals surface area contributed by atoms with E-state index in [0.717, 1.165) is 10.8 Å². The monoisotopic (exact) mass is 301 g/mol. The van der Waals surface area contributed by atoms with E-state index >= 15 is 0 Å². The number of nitrogens with two attached hydrogens (primary N) is 1. The van der Waals surface area contributed by atoms with Crippen molar-refractivity contribution < 1.29 is 14.3 Å². The van der Waals surface area contributed by atoms with E-state index in [9.17, 15) is 9.59 Å². The average molecular weight is 301 g/mol. The molecule has 1 aromatic heterocycles. The predicted octanol–water partition coefficient (Wildman–Crippen LogP) is 1.22. The van der Waals surface area contributed by atoms with Gasteiger partial charge in [-0.15, -0.1) is 11.3 Å². The molecule has 1 aromatic rings. The maximum Gasteiger partial charge on any atom is 0.328 e. The van der Waals surface area contributed by atoms with Crippen LogP contribution in [0.3, 0.4) is 0 Å². The van der Waals surface area contributed by atoms with E-state index in [1.165, 1.54) is 35.1 Å². The van der Waals surface area contributed by atoms with E-state index in [4.69, 9.17) is 10.5 Å². The number of aromatic nitrogens is 1. The number of ether oxygens (including phenoxy) is 1. The number of methoxy groups -OCH3 is 1. The van der Waals surface area contributed by atoms with Crippen LogP contribution in [0.5, 0.6) is 0 Å². The lowest BCUT2D eigenvalue weighted by Crippen LogP contribution is -2.41. The fraction of sp³-hybridized carbons (Fsp3) is 0.545. The van der Waals surface area contributed by atoms with Gasteiger partial charge in [0.15, 0.2) is 4.34 Å². The third-order valence-electron chi connectivity index (χ3n) is 2.99. The van der Waals surface area contributed by atoms with Gasteiger partial charge in [0, 0.05) is 6.54 Å². The first-order valence-corrected chi connectivity index (χ1v) is 7.81. The van der Waals surface area contributed by atoms with Crippen molar-refractivity contribution in [3.8, 4) is 0 Å². The van der Waals surface area contributed by atoms with Crippen LogP contribution in [-0.4, -0.2) is 47.7 Å². The number of hydrogen-bond acceptors (Lipinski definition) is 7. The highest BCUT2D eigenvalue weighted by atomic mass is 32.2. The highest BCUT2D eigenvalue weighted by Crippen LogP contribution is 2.30. The number of thioether (sulfide) groups is 1. The zero-order valence-electron chi connectivity index (χ0n) is 10.7. The van der Waals surface area contributed by atoms with Crippen molar-refractivity contribution in [2.75, 3.05) is 25.6 Å². The number of esters is 1. The van der Waals surface area contributed by atoms with E-state index < -0.39 is 6.04 Å². The van der Waals surface area contributed by atoms with Gasteiger partial charge in [-0.25, -0.2) is 9.78 Å². The Morgan fingerprint density at radius 3 is 2.89 bits per heavy atom. The fourth-order valence-electron chi connectivity index (χ4n) is 2.07. The van der Waals surface area contributed by atoms with Crippen LogP contribution < -0.4 is 5.73 Å². The summed E-state index contributed by atoms with van der Waals surface area (Å²) in [6, 6.07) is -0.503. The summed E-state index contributed by atoms with van der Waals surface area (Å²) >= 11 is 2.70. The smallest absolute Gasteiger partial charge is 0.328 e. The van der Waals surface area contributed by atoms with Crippen molar-refractivity contribution in [2.24, 2.45) is 0 Å². The molecule has 0 unspecified atom stereocenters. The third kappa shape index (κ3) is 2.69. The van der Waals surface area contributed by atoms with Crippen molar-refractivity contribution in [1.29, 1.82) is 0 Å². The van der Waals surface area contributed by atoms with Crippen molar-refractivity contribution in [2.45, 2.75) is 23.2 Å². The molecule has 0 radical (unpaired) electrons. The van der Waals surface area contributed by atoms with Crippen LogP contribution in [0.15, 0.2) is 4.34 Å².